The Bertz CT molecular complexity index is 715. The first-order valence-electron chi connectivity index (χ1n) is 6.42. The molecule has 3 heterocycles. The van der Waals surface area contributed by atoms with Crippen LogP contribution in [0.25, 0.3) is 0 Å². The Morgan fingerprint density at radius 2 is 1.45 bits per heavy atom. The lowest BCUT2D eigenvalue weighted by molar-refractivity contribution is 0.560. The molecular weight excluding hydrogens is 284 g/mol. The van der Waals surface area contributed by atoms with Gasteiger partial charge in [-0.3, -0.25) is 0 Å². The highest BCUT2D eigenvalue weighted by Gasteiger charge is 2.03. The first kappa shape index (κ1) is 13.7. The zero-order valence-electron chi connectivity index (χ0n) is 11.7. The summed E-state index contributed by atoms with van der Waals surface area (Å²) < 4.78 is 10.3. The normalized spacial score (nSPS) is 11.5. The standard InChI is InChI=1S/C14H12N6O2/c1-15-12-18-13(16-8-10-4-2-6-21-10)20-14(19-12)17-9-11-5-3-7-22-11/h2-9H,1H3,(H,15,18,19,20)/b16-8-,17-9+. The molecule has 0 unspecified atom stereocenters. The van der Waals surface area contributed by atoms with Crippen LogP contribution in [0, 0.1) is 0 Å². The van der Waals surface area contributed by atoms with Crippen LogP contribution in [0.5, 0.6) is 0 Å². The molecule has 0 fully saturated rings. The van der Waals surface area contributed by atoms with Crippen molar-refractivity contribution in [1.82, 2.24) is 15.0 Å². The molecule has 0 saturated carbocycles. The van der Waals surface area contributed by atoms with E-state index in [2.05, 4.69) is 30.3 Å². The second-order valence-corrected chi connectivity index (χ2v) is 4.06. The maximum Gasteiger partial charge on any atom is 0.256 e. The minimum absolute atomic E-state index is 0.224. The van der Waals surface area contributed by atoms with Gasteiger partial charge in [-0.2, -0.15) is 15.0 Å². The number of nitrogens with zero attached hydrogens (tertiary/aromatic N) is 5. The zero-order chi connectivity index (χ0) is 15.2. The maximum atomic E-state index is 5.16. The summed E-state index contributed by atoms with van der Waals surface area (Å²) in [5.74, 6) is 2.02. The molecular formula is C14H12N6O2. The Labute approximate surface area is 125 Å². The second kappa shape index (κ2) is 6.44. The van der Waals surface area contributed by atoms with Gasteiger partial charge in [0.2, 0.25) is 5.95 Å². The fourth-order valence-electron chi connectivity index (χ4n) is 1.55. The van der Waals surface area contributed by atoms with Crippen LogP contribution < -0.4 is 5.32 Å². The molecule has 0 bridgehead atoms. The molecule has 1 N–H and O–H groups in total. The van der Waals surface area contributed by atoms with E-state index in [1.807, 2.05) is 0 Å². The molecule has 3 aromatic heterocycles. The molecule has 3 aromatic rings. The van der Waals surface area contributed by atoms with E-state index in [4.69, 9.17) is 8.83 Å². The molecule has 0 aliphatic carbocycles. The van der Waals surface area contributed by atoms with E-state index in [1.165, 1.54) is 12.4 Å². The van der Waals surface area contributed by atoms with E-state index in [-0.39, 0.29) is 11.9 Å². The van der Waals surface area contributed by atoms with Crippen molar-refractivity contribution in [3.8, 4) is 0 Å². The first-order chi connectivity index (χ1) is 10.8. The summed E-state index contributed by atoms with van der Waals surface area (Å²) in [6.07, 6.45) is 6.17. The molecule has 8 nitrogen and oxygen atoms in total. The Balaban J connectivity index is 1.85. The molecule has 8 heteroatoms. The Kier molecular flexibility index (Phi) is 4.01. The van der Waals surface area contributed by atoms with Crippen LogP contribution in [0.15, 0.2) is 55.6 Å². The minimum atomic E-state index is 0.224. The van der Waals surface area contributed by atoms with E-state index in [1.54, 1.807) is 43.8 Å². The van der Waals surface area contributed by atoms with Crippen LogP contribution in [0.3, 0.4) is 0 Å². The number of hydrogen-bond acceptors (Lipinski definition) is 8. The molecule has 0 spiro atoms. The van der Waals surface area contributed by atoms with Crippen molar-refractivity contribution in [3.05, 3.63) is 48.3 Å². The van der Waals surface area contributed by atoms with Gasteiger partial charge in [-0.1, -0.05) is 0 Å². The van der Waals surface area contributed by atoms with Crippen LogP contribution in [0.2, 0.25) is 0 Å². The lowest BCUT2D eigenvalue weighted by atomic mass is 10.5. The Morgan fingerprint density at radius 1 is 0.909 bits per heavy atom. The van der Waals surface area contributed by atoms with E-state index in [0.717, 1.165) is 0 Å². The molecule has 0 amide bonds. The number of hydrogen-bond donors (Lipinski definition) is 1. The first-order valence-corrected chi connectivity index (χ1v) is 6.42. The molecule has 0 saturated heterocycles. The van der Waals surface area contributed by atoms with E-state index < -0.39 is 0 Å². The largest absolute Gasteiger partial charge is 0.463 e. The van der Waals surface area contributed by atoms with Gasteiger partial charge in [-0.25, -0.2) is 9.98 Å². The van der Waals surface area contributed by atoms with Gasteiger partial charge in [-0.05, 0) is 24.3 Å². The SMILES string of the molecule is CNc1nc(/N=C\c2ccco2)nc(/N=C/c2ccco2)n1. The molecule has 110 valence electrons. The average Bonchev–Trinajstić information content (AvgIpc) is 3.24. The van der Waals surface area contributed by atoms with Crippen molar-refractivity contribution < 1.29 is 8.83 Å². The number of aliphatic imine (C=N–C) groups is 2. The summed E-state index contributed by atoms with van der Waals surface area (Å²) in [7, 11) is 1.70. The number of anilines is 1. The monoisotopic (exact) mass is 296 g/mol. The van der Waals surface area contributed by atoms with Gasteiger partial charge in [0.25, 0.3) is 11.9 Å². The van der Waals surface area contributed by atoms with Crippen LogP contribution >= 0.6 is 0 Å². The lowest BCUT2D eigenvalue weighted by Gasteiger charge is -2.00. The third-order valence-corrected chi connectivity index (χ3v) is 2.54. The van der Waals surface area contributed by atoms with Gasteiger partial charge in [0.1, 0.15) is 11.5 Å². The van der Waals surface area contributed by atoms with Gasteiger partial charge in [0.15, 0.2) is 0 Å². The van der Waals surface area contributed by atoms with E-state index >= 15 is 0 Å². The van der Waals surface area contributed by atoms with Gasteiger partial charge in [0, 0.05) is 7.05 Å². The van der Waals surface area contributed by atoms with Gasteiger partial charge >= 0.3 is 0 Å². The van der Waals surface area contributed by atoms with Crippen LogP contribution in [0.1, 0.15) is 11.5 Å². The Morgan fingerprint density at radius 3 is 1.86 bits per heavy atom. The van der Waals surface area contributed by atoms with Crippen molar-refractivity contribution >= 4 is 30.3 Å². The summed E-state index contributed by atoms with van der Waals surface area (Å²) in [6.45, 7) is 0. The predicted molar refractivity (Wildman–Crippen MR) is 81.3 cm³/mol. The highest BCUT2D eigenvalue weighted by molar-refractivity contribution is 5.78. The van der Waals surface area contributed by atoms with Gasteiger partial charge < -0.3 is 14.2 Å². The fourth-order valence-corrected chi connectivity index (χ4v) is 1.55. The second-order valence-electron chi connectivity index (χ2n) is 4.06. The summed E-state index contributed by atoms with van der Waals surface area (Å²) in [5.41, 5.74) is 0. The fraction of sp³-hybridized carbons (Fsp3) is 0.0714. The Hall–Kier alpha value is -3.29. The molecule has 22 heavy (non-hydrogen) atoms. The van der Waals surface area contributed by atoms with Gasteiger partial charge in [0.05, 0.1) is 25.0 Å². The zero-order valence-corrected chi connectivity index (χ0v) is 11.7. The molecule has 0 aliphatic rings. The third kappa shape index (κ3) is 3.42. The van der Waals surface area contributed by atoms with Crippen LogP contribution in [0.4, 0.5) is 17.8 Å². The third-order valence-electron chi connectivity index (χ3n) is 2.54. The van der Waals surface area contributed by atoms with Crippen molar-refractivity contribution in [2.75, 3.05) is 12.4 Å². The highest BCUT2D eigenvalue weighted by atomic mass is 16.3. The quantitative estimate of drug-likeness (QED) is 0.726. The number of furan rings is 2. The van der Waals surface area contributed by atoms with Crippen LogP contribution in [-0.2, 0) is 0 Å². The van der Waals surface area contributed by atoms with Crippen LogP contribution in [-0.4, -0.2) is 34.4 Å². The number of rotatable bonds is 5. The van der Waals surface area contributed by atoms with Crippen molar-refractivity contribution in [2.24, 2.45) is 9.98 Å². The summed E-state index contributed by atoms with van der Waals surface area (Å²) in [4.78, 5) is 20.7. The summed E-state index contributed by atoms with van der Waals surface area (Å²) >= 11 is 0. The topological polar surface area (TPSA) is 102 Å². The molecule has 3 rings (SSSR count). The predicted octanol–water partition coefficient (Wildman–Crippen LogP) is 2.60. The lowest BCUT2D eigenvalue weighted by Crippen LogP contribution is -1.98. The molecule has 0 aliphatic heterocycles. The van der Waals surface area contributed by atoms with Crippen molar-refractivity contribution in [3.63, 3.8) is 0 Å². The smallest absolute Gasteiger partial charge is 0.256 e. The molecule has 0 atom stereocenters. The van der Waals surface area contributed by atoms with Crippen molar-refractivity contribution in [1.29, 1.82) is 0 Å². The maximum absolute atomic E-state index is 5.16. The van der Waals surface area contributed by atoms with Crippen molar-refractivity contribution in [2.45, 2.75) is 0 Å². The minimum Gasteiger partial charge on any atom is -0.463 e. The number of aromatic nitrogens is 3. The van der Waals surface area contributed by atoms with E-state index in [0.29, 0.717) is 17.5 Å². The molecule has 0 radical (unpaired) electrons. The number of nitrogens with one attached hydrogen (secondary N) is 1. The highest BCUT2D eigenvalue weighted by Crippen LogP contribution is 2.14. The average molecular weight is 296 g/mol. The molecule has 0 aromatic carbocycles. The van der Waals surface area contributed by atoms with E-state index in [9.17, 15) is 0 Å². The summed E-state index contributed by atoms with van der Waals surface area (Å²) in [5, 5.41) is 2.84. The van der Waals surface area contributed by atoms with Gasteiger partial charge in [-0.15, -0.1) is 0 Å². The summed E-state index contributed by atoms with van der Waals surface area (Å²) in [6, 6.07) is 7.10.